The SMILES string of the molecule is CC(C)(C)CCOCC(O)C1CCOC1. The molecule has 3 heteroatoms. The molecule has 0 amide bonds. The monoisotopic (exact) mass is 216 g/mol. The van der Waals surface area contributed by atoms with E-state index < -0.39 is 0 Å². The van der Waals surface area contributed by atoms with Crippen LogP contribution in [0.1, 0.15) is 33.6 Å². The van der Waals surface area contributed by atoms with E-state index in [0.29, 0.717) is 18.6 Å². The Morgan fingerprint density at radius 3 is 2.73 bits per heavy atom. The Hall–Kier alpha value is -0.120. The summed E-state index contributed by atoms with van der Waals surface area (Å²) in [4.78, 5) is 0. The second-order valence-electron chi connectivity index (χ2n) is 5.58. The second kappa shape index (κ2) is 5.83. The maximum atomic E-state index is 9.77. The van der Waals surface area contributed by atoms with Crippen LogP contribution in [0.5, 0.6) is 0 Å². The van der Waals surface area contributed by atoms with Gasteiger partial charge in [-0.3, -0.25) is 0 Å². The van der Waals surface area contributed by atoms with Crippen LogP contribution in [0.3, 0.4) is 0 Å². The third-order valence-electron chi connectivity index (χ3n) is 2.79. The average Bonchev–Trinajstić information content (AvgIpc) is 2.63. The van der Waals surface area contributed by atoms with Crippen molar-refractivity contribution < 1.29 is 14.6 Å². The van der Waals surface area contributed by atoms with Crippen molar-refractivity contribution in [1.29, 1.82) is 0 Å². The van der Waals surface area contributed by atoms with E-state index in [-0.39, 0.29) is 12.0 Å². The third-order valence-corrected chi connectivity index (χ3v) is 2.79. The summed E-state index contributed by atoms with van der Waals surface area (Å²) in [6.07, 6.45) is 1.64. The molecule has 2 unspecified atom stereocenters. The van der Waals surface area contributed by atoms with Crippen molar-refractivity contribution in [3.05, 3.63) is 0 Å². The lowest BCUT2D eigenvalue weighted by atomic mass is 9.93. The van der Waals surface area contributed by atoms with Gasteiger partial charge in [0.15, 0.2) is 0 Å². The highest BCUT2D eigenvalue weighted by Crippen LogP contribution is 2.19. The first-order valence-corrected chi connectivity index (χ1v) is 5.82. The lowest BCUT2D eigenvalue weighted by molar-refractivity contribution is -0.00406. The second-order valence-corrected chi connectivity index (χ2v) is 5.58. The number of ether oxygens (including phenoxy) is 2. The molecule has 0 aliphatic carbocycles. The predicted molar refractivity (Wildman–Crippen MR) is 59.8 cm³/mol. The fourth-order valence-corrected chi connectivity index (χ4v) is 1.57. The van der Waals surface area contributed by atoms with Crippen molar-refractivity contribution in [2.75, 3.05) is 26.4 Å². The summed E-state index contributed by atoms with van der Waals surface area (Å²) in [5, 5.41) is 9.77. The molecule has 1 aliphatic rings. The van der Waals surface area contributed by atoms with Crippen molar-refractivity contribution in [3.8, 4) is 0 Å². The van der Waals surface area contributed by atoms with E-state index >= 15 is 0 Å². The van der Waals surface area contributed by atoms with E-state index in [2.05, 4.69) is 20.8 Å². The molecule has 0 aromatic carbocycles. The van der Waals surface area contributed by atoms with E-state index in [0.717, 1.165) is 26.1 Å². The summed E-state index contributed by atoms with van der Waals surface area (Å²) in [6, 6.07) is 0. The van der Waals surface area contributed by atoms with Crippen LogP contribution < -0.4 is 0 Å². The fraction of sp³-hybridized carbons (Fsp3) is 1.00. The smallest absolute Gasteiger partial charge is 0.0824 e. The summed E-state index contributed by atoms with van der Waals surface area (Å²) in [7, 11) is 0. The van der Waals surface area contributed by atoms with Crippen molar-refractivity contribution in [2.24, 2.45) is 11.3 Å². The van der Waals surface area contributed by atoms with Crippen molar-refractivity contribution in [2.45, 2.75) is 39.7 Å². The molecule has 1 N–H and O–H groups in total. The molecule has 0 bridgehead atoms. The van der Waals surface area contributed by atoms with E-state index in [1.165, 1.54) is 0 Å². The molecule has 1 aliphatic heterocycles. The Bertz CT molecular complexity index is 168. The lowest BCUT2D eigenvalue weighted by Crippen LogP contribution is -2.26. The Morgan fingerprint density at radius 1 is 1.47 bits per heavy atom. The number of rotatable bonds is 5. The first-order valence-electron chi connectivity index (χ1n) is 5.82. The molecule has 15 heavy (non-hydrogen) atoms. The molecule has 0 aromatic heterocycles. The topological polar surface area (TPSA) is 38.7 Å². The Balaban J connectivity index is 2.04. The Kier molecular flexibility index (Phi) is 5.03. The Labute approximate surface area is 92.8 Å². The number of aliphatic hydroxyl groups is 1. The molecule has 0 aromatic rings. The molecule has 3 nitrogen and oxygen atoms in total. The highest BCUT2D eigenvalue weighted by Gasteiger charge is 2.24. The van der Waals surface area contributed by atoms with Crippen LogP contribution >= 0.6 is 0 Å². The minimum absolute atomic E-state index is 0.277. The van der Waals surface area contributed by atoms with Crippen molar-refractivity contribution >= 4 is 0 Å². The van der Waals surface area contributed by atoms with Crippen molar-refractivity contribution in [1.82, 2.24) is 0 Å². The molecule has 1 fully saturated rings. The summed E-state index contributed by atoms with van der Waals surface area (Å²) < 4.78 is 10.7. The number of hydrogen-bond acceptors (Lipinski definition) is 3. The van der Waals surface area contributed by atoms with E-state index in [1.807, 2.05) is 0 Å². The first kappa shape index (κ1) is 12.9. The molecule has 1 heterocycles. The molecular formula is C12H24O3. The van der Waals surface area contributed by atoms with E-state index in [4.69, 9.17) is 9.47 Å². The maximum absolute atomic E-state index is 9.77. The Morgan fingerprint density at radius 2 is 2.20 bits per heavy atom. The van der Waals surface area contributed by atoms with Crippen LogP contribution in [0, 0.1) is 11.3 Å². The molecular weight excluding hydrogens is 192 g/mol. The van der Waals surface area contributed by atoms with Crippen LogP contribution in [-0.4, -0.2) is 37.6 Å². The van der Waals surface area contributed by atoms with Gasteiger partial charge in [0, 0.05) is 19.1 Å². The van der Waals surface area contributed by atoms with E-state index in [9.17, 15) is 5.11 Å². The van der Waals surface area contributed by atoms with Gasteiger partial charge in [-0.15, -0.1) is 0 Å². The van der Waals surface area contributed by atoms with Gasteiger partial charge in [0.1, 0.15) is 0 Å². The molecule has 1 saturated heterocycles. The third kappa shape index (κ3) is 5.50. The molecule has 90 valence electrons. The maximum Gasteiger partial charge on any atom is 0.0824 e. The zero-order valence-electron chi connectivity index (χ0n) is 10.2. The van der Waals surface area contributed by atoms with Gasteiger partial charge < -0.3 is 14.6 Å². The zero-order chi connectivity index (χ0) is 11.3. The van der Waals surface area contributed by atoms with Gasteiger partial charge in [0.05, 0.1) is 19.3 Å². The quantitative estimate of drug-likeness (QED) is 0.713. The molecule has 0 radical (unpaired) electrons. The van der Waals surface area contributed by atoms with Crippen LogP contribution in [0.25, 0.3) is 0 Å². The van der Waals surface area contributed by atoms with Gasteiger partial charge in [-0.05, 0) is 18.3 Å². The molecule has 2 atom stereocenters. The summed E-state index contributed by atoms with van der Waals surface area (Å²) in [6.45, 7) is 9.22. The summed E-state index contributed by atoms with van der Waals surface area (Å²) in [5.74, 6) is 0.277. The van der Waals surface area contributed by atoms with E-state index in [1.54, 1.807) is 0 Å². The van der Waals surface area contributed by atoms with Crippen LogP contribution in [0.2, 0.25) is 0 Å². The first-order chi connectivity index (χ1) is 6.99. The van der Waals surface area contributed by atoms with Crippen LogP contribution in [0.4, 0.5) is 0 Å². The highest BCUT2D eigenvalue weighted by atomic mass is 16.5. The van der Waals surface area contributed by atoms with Crippen LogP contribution in [0.15, 0.2) is 0 Å². The van der Waals surface area contributed by atoms with Gasteiger partial charge in [0.2, 0.25) is 0 Å². The minimum Gasteiger partial charge on any atom is -0.390 e. The molecule has 0 saturated carbocycles. The zero-order valence-corrected chi connectivity index (χ0v) is 10.2. The predicted octanol–water partition coefficient (Wildman–Crippen LogP) is 1.84. The molecule has 0 spiro atoms. The van der Waals surface area contributed by atoms with Gasteiger partial charge in [-0.1, -0.05) is 20.8 Å². The largest absolute Gasteiger partial charge is 0.390 e. The number of aliphatic hydroxyl groups excluding tert-OH is 1. The normalized spacial score (nSPS) is 24.4. The number of hydrogen-bond donors (Lipinski definition) is 1. The van der Waals surface area contributed by atoms with Gasteiger partial charge in [-0.2, -0.15) is 0 Å². The lowest BCUT2D eigenvalue weighted by Gasteiger charge is -2.20. The summed E-state index contributed by atoms with van der Waals surface area (Å²) >= 11 is 0. The highest BCUT2D eigenvalue weighted by molar-refractivity contribution is 4.72. The molecule has 1 rings (SSSR count). The van der Waals surface area contributed by atoms with Gasteiger partial charge in [0.25, 0.3) is 0 Å². The summed E-state index contributed by atoms with van der Waals surface area (Å²) in [5.41, 5.74) is 0.307. The van der Waals surface area contributed by atoms with Gasteiger partial charge in [-0.25, -0.2) is 0 Å². The fourth-order valence-electron chi connectivity index (χ4n) is 1.57. The van der Waals surface area contributed by atoms with Crippen LogP contribution in [-0.2, 0) is 9.47 Å². The standard InChI is InChI=1S/C12H24O3/c1-12(2,3)5-7-15-9-11(13)10-4-6-14-8-10/h10-11,13H,4-9H2,1-3H3. The average molecular weight is 216 g/mol. The van der Waals surface area contributed by atoms with Crippen molar-refractivity contribution in [3.63, 3.8) is 0 Å². The van der Waals surface area contributed by atoms with Gasteiger partial charge >= 0.3 is 0 Å². The minimum atomic E-state index is -0.354.